The van der Waals surface area contributed by atoms with E-state index in [4.69, 9.17) is 4.74 Å². The largest absolute Gasteiger partial charge is 0.494 e. The van der Waals surface area contributed by atoms with Crippen molar-refractivity contribution in [3.63, 3.8) is 0 Å². The number of imide groups is 1. The first-order valence-electron chi connectivity index (χ1n) is 10.1. The highest BCUT2D eigenvalue weighted by atomic mass is 35.5. The number of piperidine rings is 1. The molecule has 0 aliphatic carbocycles. The van der Waals surface area contributed by atoms with E-state index in [0.29, 0.717) is 30.7 Å². The lowest BCUT2D eigenvalue weighted by Gasteiger charge is -2.26. The van der Waals surface area contributed by atoms with E-state index in [-0.39, 0.29) is 24.2 Å². The lowest BCUT2D eigenvalue weighted by atomic mass is 10.1. The van der Waals surface area contributed by atoms with Crippen LogP contribution in [0.1, 0.15) is 52.0 Å². The molecule has 0 atom stereocenters. The van der Waals surface area contributed by atoms with Gasteiger partial charge in [-0.05, 0) is 62.2 Å². The van der Waals surface area contributed by atoms with Crippen LogP contribution in [-0.4, -0.2) is 47.9 Å². The average Bonchev–Trinajstić information content (AvgIpc) is 2.97. The maximum Gasteiger partial charge on any atom is 0.261 e. The minimum atomic E-state index is -0.205. The number of halogens is 1. The summed E-state index contributed by atoms with van der Waals surface area (Å²) in [7, 11) is 0. The molecule has 0 N–H and O–H groups in total. The first-order chi connectivity index (χ1) is 13.7. The van der Waals surface area contributed by atoms with Gasteiger partial charge in [0.15, 0.2) is 0 Å². The van der Waals surface area contributed by atoms with Crippen LogP contribution >= 0.6 is 12.4 Å². The molecule has 0 radical (unpaired) electrons. The number of hydrogen-bond donors (Lipinski definition) is 0. The Balaban J connectivity index is 0.00000240. The van der Waals surface area contributed by atoms with E-state index in [9.17, 15) is 9.59 Å². The van der Waals surface area contributed by atoms with Crippen molar-refractivity contribution in [2.24, 2.45) is 0 Å². The van der Waals surface area contributed by atoms with E-state index in [1.807, 2.05) is 12.1 Å². The van der Waals surface area contributed by atoms with E-state index in [2.05, 4.69) is 17.0 Å². The highest BCUT2D eigenvalue weighted by Crippen LogP contribution is 2.23. The number of benzene rings is 2. The summed E-state index contributed by atoms with van der Waals surface area (Å²) < 4.78 is 5.88. The first kappa shape index (κ1) is 21.3. The van der Waals surface area contributed by atoms with Gasteiger partial charge >= 0.3 is 0 Å². The maximum atomic E-state index is 12.4. The summed E-state index contributed by atoms with van der Waals surface area (Å²) in [5, 5.41) is 0. The third-order valence-corrected chi connectivity index (χ3v) is 5.43. The minimum absolute atomic E-state index is 0. The summed E-state index contributed by atoms with van der Waals surface area (Å²) in [5.74, 6) is 0.435. The van der Waals surface area contributed by atoms with Crippen LogP contribution in [0, 0.1) is 0 Å². The molecule has 4 rings (SSSR count). The SMILES string of the molecule is Cl.O=C1c2ccccc2C(=O)N1CCCOc1cccc(CN2CCCCC2)c1. The molecule has 2 aromatic rings. The number of carbonyl (C=O) groups is 2. The van der Waals surface area contributed by atoms with Crippen molar-refractivity contribution in [3.05, 3.63) is 65.2 Å². The monoisotopic (exact) mass is 414 g/mol. The van der Waals surface area contributed by atoms with Crippen LogP contribution < -0.4 is 4.74 Å². The van der Waals surface area contributed by atoms with Crippen molar-refractivity contribution in [3.8, 4) is 5.75 Å². The second kappa shape index (κ2) is 9.90. The zero-order valence-electron chi connectivity index (χ0n) is 16.5. The number of hydrogen-bond acceptors (Lipinski definition) is 4. The molecule has 154 valence electrons. The number of carbonyl (C=O) groups excluding carboxylic acids is 2. The van der Waals surface area contributed by atoms with Crippen LogP contribution in [0.2, 0.25) is 0 Å². The number of fused-ring (bicyclic) bond motifs is 1. The van der Waals surface area contributed by atoms with Gasteiger partial charge in [0.05, 0.1) is 17.7 Å². The fraction of sp³-hybridized carbons (Fsp3) is 0.391. The standard InChI is InChI=1S/C23H26N2O3.ClH/c26-22-20-10-2-3-11-21(20)23(27)25(22)14-7-15-28-19-9-6-8-18(16-19)17-24-12-4-1-5-13-24;/h2-3,6,8-11,16H,1,4-5,7,12-15,17H2;1H. The normalized spacial score (nSPS) is 16.5. The Morgan fingerprint density at radius 2 is 1.55 bits per heavy atom. The number of likely N-dealkylation sites (tertiary alicyclic amines) is 1. The predicted molar refractivity (Wildman–Crippen MR) is 115 cm³/mol. The Hall–Kier alpha value is -2.37. The quantitative estimate of drug-likeness (QED) is 0.504. The fourth-order valence-electron chi connectivity index (χ4n) is 3.96. The van der Waals surface area contributed by atoms with E-state index in [1.54, 1.807) is 24.3 Å². The predicted octanol–water partition coefficient (Wildman–Crippen LogP) is 4.16. The number of amides is 2. The molecular weight excluding hydrogens is 388 g/mol. The minimum Gasteiger partial charge on any atom is -0.494 e. The Morgan fingerprint density at radius 1 is 0.862 bits per heavy atom. The molecule has 6 heteroatoms. The Morgan fingerprint density at radius 3 is 2.24 bits per heavy atom. The molecule has 5 nitrogen and oxygen atoms in total. The molecule has 0 unspecified atom stereocenters. The molecule has 0 spiro atoms. The molecule has 0 saturated carbocycles. The van der Waals surface area contributed by atoms with Crippen molar-refractivity contribution in [2.75, 3.05) is 26.2 Å². The zero-order chi connectivity index (χ0) is 19.3. The van der Waals surface area contributed by atoms with E-state index in [0.717, 1.165) is 12.3 Å². The van der Waals surface area contributed by atoms with Crippen LogP contribution in [0.15, 0.2) is 48.5 Å². The Labute approximate surface area is 178 Å². The number of ether oxygens (including phenoxy) is 1. The molecule has 2 aromatic carbocycles. The summed E-state index contributed by atoms with van der Waals surface area (Å²) in [5.41, 5.74) is 2.26. The van der Waals surface area contributed by atoms with Crippen molar-refractivity contribution < 1.29 is 14.3 Å². The molecule has 2 amide bonds. The van der Waals surface area contributed by atoms with Crippen molar-refractivity contribution >= 4 is 24.2 Å². The smallest absolute Gasteiger partial charge is 0.261 e. The highest BCUT2D eigenvalue weighted by Gasteiger charge is 2.34. The van der Waals surface area contributed by atoms with Gasteiger partial charge in [0.2, 0.25) is 0 Å². The van der Waals surface area contributed by atoms with Gasteiger partial charge in [0, 0.05) is 13.1 Å². The molecule has 1 saturated heterocycles. The first-order valence-corrected chi connectivity index (χ1v) is 10.1. The second-order valence-electron chi connectivity index (χ2n) is 7.49. The van der Waals surface area contributed by atoms with Gasteiger partial charge < -0.3 is 4.74 Å². The van der Waals surface area contributed by atoms with Crippen molar-refractivity contribution in [1.29, 1.82) is 0 Å². The highest BCUT2D eigenvalue weighted by molar-refractivity contribution is 6.21. The molecule has 0 bridgehead atoms. The molecule has 0 aromatic heterocycles. The summed E-state index contributed by atoms with van der Waals surface area (Å²) in [6.45, 7) is 4.16. The van der Waals surface area contributed by atoms with Crippen molar-refractivity contribution in [1.82, 2.24) is 9.80 Å². The lowest BCUT2D eigenvalue weighted by Crippen LogP contribution is -2.31. The van der Waals surface area contributed by atoms with Crippen LogP contribution in [0.5, 0.6) is 5.75 Å². The molecule has 2 heterocycles. The summed E-state index contributed by atoms with van der Waals surface area (Å²) in [6, 6.07) is 15.2. The Kier molecular flexibility index (Phi) is 7.29. The van der Waals surface area contributed by atoms with Gasteiger partial charge in [0.1, 0.15) is 5.75 Å². The van der Waals surface area contributed by atoms with Crippen LogP contribution in [-0.2, 0) is 6.54 Å². The van der Waals surface area contributed by atoms with Gasteiger partial charge in [-0.15, -0.1) is 12.4 Å². The summed E-state index contributed by atoms with van der Waals surface area (Å²) >= 11 is 0. The molecule has 2 aliphatic heterocycles. The molecule has 29 heavy (non-hydrogen) atoms. The Bertz CT molecular complexity index is 830. The molecule has 1 fully saturated rings. The number of rotatable bonds is 7. The third kappa shape index (κ3) is 4.98. The maximum absolute atomic E-state index is 12.4. The lowest BCUT2D eigenvalue weighted by molar-refractivity contribution is 0.0647. The summed E-state index contributed by atoms with van der Waals surface area (Å²) in [6.07, 6.45) is 4.52. The zero-order valence-corrected chi connectivity index (χ0v) is 17.3. The second-order valence-corrected chi connectivity index (χ2v) is 7.49. The van der Waals surface area contributed by atoms with Crippen molar-refractivity contribution in [2.45, 2.75) is 32.2 Å². The van der Waals surface area contributed by atoms with Gasteiger partial charge in [-0.2, -0.15) is 0 Å². The van der Waals surface area contributed by atoms with E-state index in [1.165, 1.54) is 42.8 Å². The van der Waals surface area contributed by atoms with E-state index < -0.39 is 0 Å². The molecule has 2 aliphatic rings. The van der Waals surface area contributed by atoms with Gasteiger partial charge in [-0.25, -0.2) is 0 Å². The van der Waals surface area contributed by atoms with Gasteiger partial charge in [-0.1, -0.05) is 30.7 Å². The third-order valence-electron chi connectivity index (χ3n) is 5.43. The van der Waals surface area contributed by atoms with Gasteiger partial charge in [0.25, 0.3) is 11.8 Å². The number of nitrogens with zero attached hydrogens (tertiary/aromatic N) is 2. The van der Waals surface area contributed by atoms with Gasteiger partial charge in [-0.3, -0.25) is 19.4 Å². The van der Waals surface area contributed by atoms with Crippen LogP contribution in [0.4, 0.5) is 0 Å². The molecular formula is C23H27ClN2O3. The average molecular weight is 415 g/mol. The topological polar surface area (TPSA) is 49.9 Å². The van der Waals surface area contributed by atoms with Crippen LogP contribution in [0.25, 0.3) is 0 Å². The summed E-state index contributed by atoms with van der Waals surface area (Å²) in [4.78, 5) is 28.5. The van der Waals surface area contributed by atoms with Crippen LogP contribution in [0.3, 0.4) is 0 Å². The van der Waals surface area contributed by atoms with E-state index >= 15 is 0 Å². The fourth-order valence-corrected chi connectivity index (χ4v) is 3.96.